The molecule has 1 fully saturated rings. The van der Waals surface area contributed by atoms with Gasteiger partial charge in [-0.05, 0) is 31.2 Å². The molecule has 4 heteroatoms. The molecule has 0 spiro atoms. The second kappa shape index (κ2) is 8.69. The zero-order chi connectivity index (χ0) is 15.0. The standard InChI is InChI=1S/C14H19FN2O.C2H6/c1-16-8-10-17(11-9-16)14(18)7-4-12-2-5-13(15)6-3-12;1-2/h2-3,5-6H,4,7-11H2,1H3;1-2H3. The van der Waals surface area contributed by atoms with Gasteiger partial charge in [0.15, 0.2) is 0 Å². The van der Waals surface area contributed by atoms with Crippen LogP contribution in [0.2, 0.25) is 0 Å². The molecule has 1 aliphatic heterocycles. The molecular formula is C16H25FN2O. The predicted octanol–water partition coefficient (Wildman–Crippen LogP) is 2.56. The smallest absolute Gasteiger partial charge is 0.222 e. The van der Waals surface area contributed by atoms with Crippen molar-refractivity contribution in [3.63, 3.8) is 0 Å². The third kappa shape index (κ3) is 5.29. The highest BCUT2D eigenvalue weighted by molar-refractivity contribution is 5.76. The molecule has 1 aromatic rings. The summed E-state index contributed by atoms with van der Waals surface area (Å²) in [4.78, 5) is 16.1. The number of rotatable bonds is 3. The number of piperazine rings is 1. The predicted molar refractivity (Wildman–Crippen MR) is 80.1 cm³/mol. The van der Waals surface area contributed by atoms with Crippen LogP contribution in [0.5, 0.6) is 0 Å². The molecular weight excluding hydrogens is 255 g/mol. The normalized spacial score (nSPS) is 15.5. The van der Waals surface area contributed by atoms with E-state index in [0.717, 1.165) is 31.7 Å². The minimum atomic E-state index is -0.232. The van der Waals surface area contributed by atoms with Gasteiger partial charge >= 0.3 is 0 Å². The summed E-state index contributed by atoms with van der Waals surface area (Å²) >= 11 is 0. The minimum Gasteiger partial charge on any atom is -0.340 e. The van der Waals surface area contributed by atoms with E-state index in [1.54, 1.807) is 12.1 Å². The Labute approximate surface area is 121 Å². The number of hydrogen-bond acceptors (Lipinski definition) is 2. The van der Waals surface area contributed by atoms with Crippen LogP contribution in [0.25, 0.3) is 0 Å². The van der Waals surface area contributed by atoms with Gasteiger partial charge in [-0.1, -0.05) is 26.0 Å². The first-order valence-electron chi connectivity index (χ1n) is 7.36. The van der Waals surface area contributed by atoms with Crippen molar-refractivity contribution >= 4 is 5.91 Å². The highest BCUT2D eigenvalue weighted by atomic mass is 19.1. The lowest BCUT2D eigenvalue weighted by atomic mass is 10.1. The summed E-state index contributed by atoms with van der Waals surface area (Å²) in [6.45, 7) is 7.53. The Balaban J connectivity index is 0.000000956. The molecule has 0 saturated carbocycles. The molecule has 0 aliphatic carbocycles. The van der Waals surface area contributed by atoms with Gasteiger partial charge in [-0.25, -0.2) is 4.39 Å². The number of carbonyl (C=O) groups is 1. The molecule has 1 amide bonds. The van der Waals surface area contributed by atoms with Crippen molar-refractivity contribution in [1.82, 2.24) is 9.80 Å². The largest absolute Gasteiger partial charge is 0.340 e. The highest BCUT2D eigenvalue weighted by Crippen LogP contribution is 2.08. The summed E-state index contributed by atoms with van der Waals surface area (Å²) in [5.41, 5.74) is 1.01. The lowest BCUT2D eigenvalue weighted by Crippen LogP contribution is -2.47. The van der Waals surface area contributed by atoms with Crippen LogP contribution in [0.3, 0.4) is 0 Å². The van der Waals surface area contributed by atoms with E-state index in [2.05, 4.69) is 11.9 Å². The second-order valence-electron chi connectivity index (χ2n) is 4.81. The van der Waals surface area contributed by atoms with Crippen molar-refractivity contribution in [2.75, 3.05) is 33.2 Å². The quantitative estimate of drug-likeness (QED) is 0.849. The van der Waals surface area contributed by atoms with Crippen molar-refractivity contribution < 1.29 is 9.18 Å². The number of aryl methyl sites for hydroxylation is 1. The van der Waals surface area contributed by atoms with E-state index in [1.807, 2.05) is 18.7 Å². The highest BCUT2D eigenvalue weighted by Gasteiger charge is 2.18. The van der Waals surface area contributed by atoms with Gasteiger partial charge < -0.3 is 9.80 Å². The van der Waals surface area contributed by atoms with Crippen LogP contribution in [0.1, 0.15) is 25.8 Å². The Morgan fingerprint density at radius 2 is 1.65 bits per heavy atom. The molecule has 0 aromatic heterocycles. The number of halogens is 1. The van der Waals surface area contributed by atoms with Gasteiger partial charge in [0.1, 0.15) is 5.82 Å². The third-order valence-corrected chi connectivity index (χ3v) is 3.40. The maximum atomic E-state index is 12.7. The molecule has 3 nitrogen and oxygen atoms in total. The number of carbonyl (C=O) groups excluding carboxylic acids is 1. The Bertz CT molecular complexity index is 397. The van der Waals surface area contributed by atoms with E-state index >= 15 is 0 Å². The van der Waals surface area contributed by atoms with Crippen molar-refractivity contribution in [2.45, 2.75) is 26.7 Å². The van der Waals surface area contributed by atoms with E-state index in [0.29, 0.717) is 12.8 Å². The van der Waals surface area contributed by atoms with Gasteiger partial charge in [0.05, 0.1) is 0 Å². The summed E-state index contributed by atoms with van der Waals surface area (Å²) in [6.07, 6.45) is 1.20. The first-order valence-corrected chi connectivity index (χ1v) is 7.36. The fourth-order valence-electron chi connectivity index (χ4n) is 2.12. The third-order valence-electron chi connectivity index (χ3n) is 3.40. The summed E-state index contributed by atoms with van der Waals surface area (Å²) in [6, 6.07) is 6.37. The molecule has 1 aliphatic rings. The number of hydrogen-bond donors (Lipinski definition) is 0. The molecule has 0 radical (unpaired) electrons. The van der Waals surface area contributed by atoms with Crippen LogP contribution < -0.4 is 0 Å². The van der Waals surface area contributed by atoms with Gasteiger partial charge in [-0.2, -0.15) is 0 Å². The van der Waals surface area contributed by atoms with Gasteiger partial charge in [0, 0.05) is 32.6 Å². The van der Waals surface area contributed by atoms with Crippen LogP contribution in [-0.4, -0.2) is 48.9 Å². The maximum Gasteiger partial charge on any atom is 0.222 e. The summed E-state index contributed by atoms with van der Waals surface area (Å²) in [5, 5.41) is 0. The van der Waals surface area contributed by atoms with Crippen LogP contribution in [-0.2, 0) is 11.2 Å². The molecule has 0 bridgehead atoms. The van der Waals surface area contributed by atoms with Gasteiger partial charge in [-0.15, -0.1) is 0 Å². The van der Waals surface area contributed by atoms with E-state index < -0.39 is 0 Å². The van der Waals surface area contributed by atoms with Crippen LogP contribution in [0, 0.1) is 5.82 Å². The van der Waals surface area contributed by atoms with E-state index in [-0.39, 0.29) is 11.7 Å². The van der Waals surface area contributed by atoms with E-state index in [9.17, 15) is 9.18 Å². The lowest BCUT2D eigenvalue weighted by molar-refractivity contribution is -0.132. The lowest BCUT2D eigenvalue weighted by Gasteiger charge is -2.32. The number of nitrogens with zero attached hydrogens (tertiary/aromatic N) is 2. The SMILES string of the molecule is CC.CN1CCN(C(=O)CCc2ccc(F)cc2)CC1. The van der Waals surface area contributed by atoms with Gasteiger partial charge in [0.25, 0.3) is 0 Å². The Kier molecular flexibility index (Phi) is 7.23. The average molecular weight is 280 g/mol. The molecule has 0 N–H and O–H groups in total. The summed E-state index contributed by atoms with van der Waals surface area (Å²) in [7, 11) is 2.07. The zero-order valence-electron chi connectivity index (χ0n) is 12.7. The Hall–Kier alpha value is -1.42. The molecule has 20 heavy (non-hydrogen) atoms. The van der Waals surface area contributed by atoms with E-state index in [1.165, 1.54) is 12.1 Å². The van der Waals surface area contributed by atoms with E-state index in [4.69, 9.17) is 0 Å². The number of benzene rings is 1. The summed E-state index contributed by atoms with van der Waals surface area (Å²) < 4.78 is 12.7. The molecule has 2 rings (SSSR count). The molecule has 1 saturated heterocycles. The maximum absolute atomic E-state index is 12.7. The molecule has 112 valence electrons. The molecule has 1 heterocycles. The minimum absolute atomic E-state index is 0.201. The first-order chi connectivity index (χ1) is 9.65. The Morgan fingerprint density at radius 3 is 2.20 bits per heavy atom. The first kappa shape index (κ1) is 16.6. The van der Waals surface area contributed by atoms with Crippen LogP contribution >= 0.6 is 0 Å². The second-order valence-corrected chi connectivity index (χ2v) is 4.81. The molecule has 0 atom stereocenters. The molecule has 0 unspecified atom stereocenters. The van der Waals surface area contributed by atoms with Crippen LogP contribution in [0.4, 0.5) is 4.39 Å². The number of likely N-dealkylation sites (N-methyl/N-ethyl adjacent to an activating group) is 1. The van der Waals surface area contributed by atoms with Crippen LogP contribution in [0.15, 0.2) is 24.3 Å². The van der Waals surface area contributed by atoms with Crippen molar-refractivity contribution in [3.8, 4) is 0 Å². The topological polar surface area (TPSA) is 23.6 Å². The van der Waals surface area contributed by atoms with Gasteiger partial charge in [-0.3, -0.25) is 4.79 Å². The van der Waals surface area contributed by atoms with Crippen molar-refractivity contribution in [1.29, 1.82) is 0 Å². The van der Waals surface area contributed by atoms with Crippen molar-refractivity contribution in [2.24, 2.45) is 0 Å². The average Bonchev–Trinajstić information content (AvgIpc) is 2.49. The molecule has 1 aromatic carbocycles. The summed E-state index contributed by atoms with van der Waals surface area (Å²) in [5.74, 6) is -0.0310. The fraction of sp³-hybridized carbons (Fsp3) is 0.562. The number of amides is 1. The monoisotopic (exact) mass is 280 g/mol. The zero-order valence-corrected chi connectivity index (χ0v) is 12.7. The fourth-order valence-corrected chi connectivity index (χ4v) is 2.12. The van der Waals surface area contributed by atoms with Gasteiger partial charge in [0.2, 0.25) is 5.91 Å². The Morgan fingerprint density at radius 1 is 1.10 bits per heavy atom. The van der Waals surface area contributed by atoms with Crippen molar-refractivity contribution in [3.05, 3.63) is 35.6 Å².